The molecule has 82 valence electrons. The van der Waals surface area contributed by atoms with Crippen molar-refractivity contribution >= 4 is 11.9 Å². The summed E-state index contributed by atoms with van der Waals surface area (Å²) in [6, 6.07) is 0. The number of ether oxygens (including phenoxy) is 1. The molecule has 4 N–H and O–H groups in total. The van der Waals surface area contributed by atoms with Crippen LogP contribution in [0.15, 0.2) is 0 Å². The lowest BCUT2D eigenvalue weighted by Gasteiger charge is -2.24. The van der Waals surface area contributed by atoms with Gasteiger partial charge >= 0.3 is 5.97 Å². The van der Waals surface area contributed by atoms with E-state index in [2.05, 4.69) is 10.1 Å². The Hall–Kier alpha value is -1.14. The number of hydrogen-bond acceptors (Lipinski definition) is 5. The van der Waals surface area contributed by atoms with E-state index in [1.807, 2.05) is 0 Å². The van der Waals surface area contributed by atoms with Crippen molar-refractivity contribution in [3.05, 3.63) is 0 Å². The number of amides is 1. The molecule has 6 heteroatoms. The first-order valence-corrected chi connectivity index (χ1v) is 4.40. The number of nitrogens with one attached hydrogen (secondary N) is 1. The quantitative estimate of drug-likeness (QED) is 0.382. The summed E-state index contributed by atoms with van der Waals surface area (Å²) in [5, 5.41) is 11.8. The van der Waals surface area contributed by atoms with Gasteiger partial charge < -0.3 is 20.9 Å². The molecule has 6 nitrogen and oxygen atoms in total. The lowest BCUT2D eigenvalue weighted by atomic mass is 10.1. The molecule has 0 radical (unpaired) electrons. The lowest BCUT2D eigenvalue weighted by molar-refractivity contribution is -0.171. The van der Waals surface area contributed by atoms with Crippen LogP contribution in [-0.4, -0.2) is 35.9 Å². The zero-order valence-corrected chi connectivity index (χ0v) is 8.37. The Morgan fingerprint density at radius 1 is 1.50 bits per heavy atom. The van der Waals surface area contributed by atoms with Crippen LogP contribution in [0.1, 0.15) is 20.3 Å². The fourth-order valence-corrected chi connectivity index (χ4v) is 0.816. The van der Waals surface area contributed by atoms with Crippen molar-refractivity contribution in [2.75, 3.05) is 13.2 Å². The fourth-order valence-electron chi connectivity index (χ4n) is 0.816. The van der Waals surface area contributed by atoms with Gasteiger partial charge in [-0.1, -0.05) is 6.92 Å². The molecule has 0 aliphatic rings. The molecule has 0 fully saturated rings. The first-order valence-electron chi connectivity index (χ1n) is 4.40. The summed E-state index contributed by atoms with van der Waals surface area (Å²) in [5.74, 6) is -1.48. The average molecular weight is 204 g/mol. The Balaban J connectivity index is 4.45. The van der Waals surface area contributed by atoms with Crippen molar-refractivity contribution in [2.45, 2.75) is 26.0 Å². The summed E-state index contributed by atoms with van der Waals surface area (Å²) in [6.45, 7) is 3.01. The topological polar surface area (TPSA) is 102 Å². The number of nitrogens with two attached hydrogens (primary N) is 1. The van der Waals surface area contributed by atoms with Gasteiger partial charge in [-0.2, -0.15) is 0 Å². The number of aliphatic hydroxyl groups is 1. The van der Waals surface area contributed by atoms with Crippen LogP contribution in [0.5, 0.6) is 0 Å². The van der Waals surface area contributed by atoms with E-state index in [9.17, 15) is 14.7 Å². The molecule has 0 aliphatic heterocycles. The third-order valence-corrected chi connectivity index (χ3v) is 1.66. The minimum atomic E-state index is -1.97. The number of carbonyl (C=O) groups excluding carboxylic acids is 2. The molecule has 0 spiro atoms. The second kappa shape index (κ2) is 5.56. The van der Waals surface area contributed by atoms with E-state index in [0.29, 0.717) is 0 Å². The van der Waals surface area contributed by atoms with Crippen molar-refractivity contribution in [2.24, 2.45) is 5.73 Å². The van der Waals surface area contributed by atoms with E-state index in [4.69, 9.17) is 5.73 Å². The summed E-state index contributed by atoms with van der Waals surface area (Å²) >= 11 is 0. The standard InChI is InChI=1S/C8H16N2O4/c1-3-8(13,7(12)14-4-2)10-6(11)5-9/h13H,3-5,9H2,1-2H3,(H,10,11). The molecule has 0 heterocycles. The van der Waals surface area contributed by atoms with Gasteiger partial charge in [-0.3, -0.25) is 4.79 Å². The van der Waals surface area contributed by atoms with Crippen LogP contribution in [0.3, 0.4) is 0 Å². The predicted octanol–water partition coefficient (Wildman–Crippen LogP) is -1.28. The minimum Gasteiger partial charge on any atom is -0.462 e. The van der Waals surface area contributed by atoms with Crippen molar-refractivity contribution in [3.8, 4) is 0 Å². The zero-order valence-electron chi connectivity index (χ0n) is 8.37. The molecule has 0 saturated carbocycles. The Kier molecular flexibility index (Phi) is 5.11. The highest BCUT2D eigenvalue weighted by Crippen LogP contribution is 2.07. The minimum absolute atomic E-state index is 0.0254. The maximum atomic E-state index is 11.2. The van der Waals surface area contributed by atoms with E-state index < -0.39 is 17.6 Å². The van der Waals surface area contributed by atoms with Crippen LogP contribution >= 0.6 is 0 Å². The average Bonchev–Trinajstić information content (AvgIpc) is 2.17. The van der Waals surface area contributed by atoms with Crippen molar-refractivity contribution in [1.29, 1.82) is 0 Å². The lowest BCUT2D eigenvalue weighted by Crippen LogP contribution is -2.56. The molecule has 14 heavy (non-hydrogen) atoms. The number of rotatable bonds is 5. The molecule has 1 unspecified atom stereocenters. The van der Waals surface area contributed by atoms with Crippen LogP contribution in [0.25, 0.3) is 0 Å². The second-order valence-electron chi connectivity index (χ2n) is 2.69. The number of esters is 1. The van der Waals surface area contributed by atoms with Crippen molar-refractivity contribution < 1.29 is 19.4 Å². The van der Waals surface area contributed by atoms with Crippen LogP contribution in [-0.2, 0) is 14.3 Å². The molecule has 1 atom stereocenters. The van der Waals surface area contributed by atoms with Crippen molar-refractivity contribution in [1.82, 2.24) is 5.32 Å². The molecular weight excluding hydrogens is 188 g/mol. The Morgan fingerprint density at radius 2 is 2.07 bits per heavy atom. The van der Waals surface area contributed by atoms with E-state index in [1.165, 1.54) is 0 Å². The summed E-state index contributed by atoms with van der Waals surface area (Å²) in [6.07, 6.45) is 0.0254. The van der Waals surface area contributed by atoms with Gasteiger partial charge in [-0.15, -0.1) is 0 Å². The van der Waals surface area contributed by atoms with E-state index in [0.717, 1.165) is 0 Å². The van der Waals surface area contributed by atoms with Crippen LogP contribution in [0.4, 0.5) is 0 Å². The fraction of sp³-hybridized carbons (Fsp3) is 0.750. The highest BCUT2D eigenvalue weighted by Gasteiger charge is 2.36. The predicted molar refractivity (Wildman–Crippen MR) is 49.1 cm³/mol. The zero-order chi connectivity index (χ0) is 11.2. The smallest absolute Gasteiger partial charge is 0.359 e. The largest absolute Gasteiger partial charge is 0.462 e. The summed E-state index contributed by atoms with van der Waals surface area (Å²) in [5.41, 5.74) is 3.07. The molecule has 0 aromatic carbocycles. The summed E-state index contributed by atoms with van der Waals surface area (Å²) in [4.78, 5) is 22.1. The maximum Gasteiger partial charge on any atom is 0.359 e. The molecule has 0 saturated heterocycles. The highest BCUT2D eigenvalue weighted by atomic mass is 16.6. The van der Waals surface area contributed by atoms with Gasteiger partial charge in [0.15, 0.2) is 0 Å². The van der Waals surface area contributed by atoms with Gasteiger partial charge in [-0.05, 0) is 6.92 Å². The van der Waals surface area contributed by atoms with E-state index in [-0.39, 0.29) is 19.6 Å². The molecule has 0 bridgehead atoms. The van der Waals surface area contributed by atoms with Gasteiger partial charge in [0.1, 0.15) is 0 Å². The van der Waals surface area contributed by atoms with Crippen molar-refractivity contribution in [3.63, 3.8) is 0 Å². The first kappa shape index (κ1) is 12.9. The van der Waals surface area contributed by atoms with Crippen LogP contribution < -0.4 is 11.1 Å². The first-order chi connectivity index (χ1) is 6.50. The Bertz CT molecular complexity index is 219. The SMILES string of the molecule is CCOC(=O)C(O)(CC)NC(=O)CN. The van der Waals surface area contributed by atoms with Gasteiger partial charge in [0.25, 0.3) is 0 Å². The molecular formula is C8H16N2O4. The van der Waals surface area contributed by atoms with Gasteiger partial charge in [0.2, 0.25) is 11.6 Å². The van der Waals surface area contributed by atoms with Crippen LogP contribution in [0, 0.1) is 0 Å². The van der Waals surface area contributed by atoms with Gasteiger partial charge in [-0.25, -0.2) is 4.79 Å². The second-order valence-corrected chi connectivity index (χ2v) is 2.69. The van der Waals surface area contributed by atoms with E-state index in [1.54, 1.807) is 13.8 Å². The Labute approximate surface area is 82.4 Å². The number of hydrogen-bond donors (Lipinski definition) is 3. The molecule has 0 aromatic rings. The van der Waals surface area contributed by atoms with Crippen LogP contribution in [0.2, 0.25) is 0 Å². The normalized spacial score (nSPS) is 14.3. The molecule has 1 amide bonds. The van der Waals surface area contributed by atoms with Gasteiger partial charge in [0.05, 0.1) is 13.2 Å². The molecule has 0 aliphatic carbocycles. The third-order valence-electron chi connectivity index (χ3n) is 1.66. The monoisotopic (exact) mass is 204 g/mol. The summed E-state index contributed by atoms with van der Waals surface area (Å²) in [7, 11) is 0. The molecule has 0 aromatic heterocycles. The molecule has 0 rings (SSSR count). The van der Waals surface area contributed by atoms with Gasteiger partial charge in [0, 0.05) is 6.42 Å². The number of carbonyl (C=O) groups is 2. The third kappa shape index (κ3) is 3.31. The maximum absolute atomic E-state index is 11.2. The Morgan fingerprint density at radius 3 is 2.43 bits per heavy atom. The summed E-state index contributed by atoms with van der Waals surface area (Å²) < 4.78 is 4.60. The van der Waals surface area contributed by atoms with E-state index >= 15 is 0 Å². The highest BCUT2D eigenvalue weighted by molar-refractivity contribution is 5.87.